The van der Waals surface area contributed by atoms with E-state index >= 15 is 0 Å². The van der Waals surface area contributed by atoms with Crippen molar-refractivity contribution >= 4 is 17.7 Å². The van der Waals surface area contributed by atoms with E-state index in [4.69, 9.17) is 5.11 Å². The molecule has 0 bridgehead atoms. The number of aliphatic hydroxyl groups excluding tert-OH is 1. The highest BCUT2D eigenvalue weighted by atomic mass is 16.3. The molecule has 0 spiro atoms. The number of amides is 3. The molecule has 3 aliphatic rings. The molecule has 4 rings (SSSR count). The minimum absolute atomic E-state index is 0.111. The number of unbranched alkanes of at least 4 members (excludes halogenated alkanes) is 1. The number of rotatable bonds is 9. The van der Waals surface area contributed by atoms with Crippen LogP contribution in [-0.2, 0) is 22.6 Å². The highest BCUT2D eigenvalue weighted by Gasteiger charge is 2.39. The maximum Gasteiger partial charge on any atom is 0.255 e. The molecule has 7 nitrogen and oxygen atoms in total. The van der Waals surface area contributed by atoms with E-state index in [1.807, 2.05) is 6.07 Å². The lowest BCUT2D eigenvalue weighted by atomic mass is 9.80. The van der Waals surface area contributed by atoms with Crippen LogP contribution in [0, 0.1) is 5.92 Å². The van der Waals surface area contributed by atoms with E-state index in [2.05, 4.69) is 29.7 Å². The summed E-state index contributed by atoms with van der Waals surface area (Å²) in [6.45, 7) is 2.94. The molecule has 1 saturated heterocycles. The standard InChI is InChI=1S/C26H37N3O4/c1-17(6-4-5-13-30)27-22-8-3-2-7-19(22)14-18-9-10-21-20(15-18)16-29(26(21)33)23-11-12-24(31)28-25(23)32/h9-10,15,17,19,22-23,27,30H,2-8,11-14,16H2,1H3,(H,28,31,32)/t17-,19-,22+,23?/m1/s1. The molecule has 1 aliphatic carbocycles. The lowest BCUT2D eigenvalue weighted by Crippen LogP contribution is -2.52. The maximum atomic E-state index is 12.9. The van der Waals surface area contributed by atoms with Crippen molar-refractivity contribution in [2.24, 2.45) is 5.92 Å². The van der Waals surface area contributed by atoms with Gasteiger partial charge in [0.05, 0.1) is 0 Å². The monoisotopic (exact) mass is 455 g/mol. The molecule has 3 N–H and O–H groups in total. The second-order valence-electron chi connectivity index (χ2n) is 10.0. The predicted octanol–water partition coefficient (Wildman–Crippen LogP) is 2.69. The average Bonchev–Trinajstić information content (AvgIpc) is 3.11. The van der Waals surface area contributed by atoms with Crippen LogP contribution in [0.4, 0.5) is 0 Å². The van der Waals surface area contributed by atoms with Crippen LogP contribution in [-0.4, -0.2) is 52.5 Å². The van der Waals surface area contributed by atoms with Crippen molar-refractivity contribution in [3.63, 3.8) is 0 Å². The first kappa shape index (κ1) is 23.9. The molecule has 2 aliphatic heterocycles. The summed E-state index contributed by atoms with van der Waals surface area (Å²) in [5.74, 6) is -0.168. The largest absolute Gasteiger partial charge is 0.396 e. The topological polar surface area (TPSA) is 98.7 Å². The van der Waals surface area contributed by atoms with Gasteiger partial charge >= 0.3 is 0 Å². The molecule has 2 heterocycles. The molecule has 0 radical (unpaired) electrons. The number of carbonyl (C=O) groups excluding carboxylic acids is 3. The summed E-state index contributed by atoms with van der Waals surface area (Å²) in [4.78, 5) is 38.3. The first-order chi connectivity index (χ1) is 16.0. The zero-order valence-corrected chi connectivity index (χ0v) is 19.6. The van der Waals surface area contributed by atoms with Gasteiger partial charge in [-0.3, -0.25) is 19.7 Å². The molecule has 1 aromatic rings. The zero-order valence-electron chi connectivity index (χ0n) is 19.6. The summed E-state index contributed by atoms with van der Waals surface area (Å²) < 4.78 is 0. The number of hydrogen-bond donors (Lipinski definition) is 3. The number of hydrogen-bond acceptors (Lipinski definition) is 5. The van der Waals surface area contributed by atoms with E-state index < -0.39 is 6.04 Å². The fraction of sp³-hybridized carbons (Fsp3) is 0.654. The number of carbonyl (C=O) groups is 3. The Morgan fingerprint density at radius 3 is 2.76 bits per heavy atom. The molecular formula is C26H37N3O4. The van der Waals surface area contributed by atoms with E-state index in [1.165, 1.54) is 31.2 Å². The summed E-state index contributed by atoms with van der Waals surface area (Å²) in [5, 5.41) is 15.2. The van der Waals surface area contributed by atoms with Gasteiger partial charge in [0.2, 0.25) is 11.8 Å². The number of nitrogens with one attached hydrogen (secondary N) is 2. The first-order valence-electron chi connectivity index (χ1n) is 12.6. The predicted molar refractivity (Wildman–Crippen MR) is 125 cm³/mol. The van der Waals surface area contributed by atoms with E-state index in [0.717, 1.165) is 31.2 Å². The van der Waals surface area contributed by atoms with Crippen molar-refractivity contribution in [2.45, 2.75) is 95.8 Å². The fourth-order valence-electron chi connectivity index (χ4n) is 5.74. The Kier molecular flexibility index (Phi) is 7.81. The number of imide groups is 1. The molecule has 1 aromatic carbocycles. The van der Waals surface area contributed by atoms with Crippen LogP contribution in [0.15, 0.2) is 18.2 Å². The number of fused-ring (bicyclic) bond motifs is 1. The van der Waals surface area contributed by atoms with Gasteiger partial charge in [-0.1, -0.05) is 25.0 Å². The smallest absolute Gasteiger partial charge is 0.255 e. The molecular weight excluding hydrogens is 418 g/mol. The van der Waals surface area contributed by atoms with Crippen LogP contribution in [0.5, 0.6) is 0 Å². The van der Waals surface area contributed by atoms with Gasteiger partial charge < -0.3 is 15.3 Å². The minimum atomic E-state index is -0.565. The quantitative estimate of drug-likeness (QED) is 0.393. The molecule has 1 unspecified atom stereocenters. The molecule has 3 amide bonds. The highest BCUT2D eigenvalue weighted by Crippen LogP contribution is 2.32. The maximum absolute atomic E-state index is 12.9. The Balaban J connectivity index is 1.39. The summed E-state index contributed by atoms with van der Waals surface area (Å²) in [6.07, 6.45) is 9.57. The Bertz CT molecular complexity index is 886. The van der Waals surface area contributed by atoms with Crippen molar-refractivity contribution in [2.75, 3.05) is 6.61 Å². The highest BCUT2D eigenvalue weighted by molar-refractivity contribution is 6.05. The second kappa shape index (κ2) is 10.8. The summed E-state index contributed by atoms with van der Waals surface area (Å²) in [6, 6.07) is 6.52. The van der Waals surface area contributed by atoms with Gasteiger partial charge in [0.25, 0.3) is 5.91 Å². The third-order valence-corrected chi connectivity index (χ3v) is 7.54. The van der Waals surface area contributed by atoms with Gasteiger partial charge in [0, 0.05) is 37.2 Å². The summed E-state index contributed by atoms with van der Waals surface area (Å²) >= 11 is 0. The number of piperidine rings is 1. The normalized spacial score (nSPS) is 26.3. The molecule has 33 heavy (non-hydrogen) atoms. The van der Waals surface area contributed by atoms with Crippen LogP contribution in [0.3, 0.4) is 0 Å². The van der Waals surface area contributed by atoms with E-state index in [0.29, 0.717) is 36.5 Å². The molecule has 2 fully saturated rings. The molecule has 0 aromatic heterocycles. The second-order valence-corrected chi connectivity index (χ2v) is 10.0. The Hall–Kier alpha value is -2.25. The zero-order chi connectivity index (χ0) is 23.4. The van der Waals surface area contributed by atoms with E-state index in [-0.39, 0.29) is 30.7 Å². The number of nitrogens with zero attached hydrogens (tertiary/aromatic N) is 1. The molecule has 180 valence electrons. The lowest BCUT2D eigenvalue weighted by Gasteiger charge is -2.35. The van der Waals surface area contributed by atoms with Gasteiger partial charge in [-0.15, -0.1) is 0 Å². The van der Waals surface area contributed by atoms with Crippen LogP contribution in [0.25, 0.3) is 0 Å². The first-order valence-corrected chi connectivity index (χ1v) is 12.6. The van der Waals surface area contributed by atoms with Crippen LogP contribution in [0.1, 0.15) is 86.2 Å². The molecule has 1 saturated carbocycles. The Morgan fingerprint density at radius 2 is 1.97 bits per heavy atom. The van der Waals surface area contributed by atoms with Crippen molar-refractivity contribution in [1.29, 1.82) is 0 Å². The minimum Gasteiger partial charge on any atom is -0.396 e. The SMILES string of the molecule is C[C@H](CCCCO)N[C@H]1CCCC[C@@H]1Cc1ccc2c(c1)CN(C1CCC(=O)NC1=O)C2=O. The van der Waals surface area contributed by atoms with Gasteiger partial charge in [0.1, 0.15) is 6.04 Å². The van der Waals surface area contributed by atoms with Crippen molar-refractivity contribution in [3.05, 3.63) is 34.9 Å². The third kappa shape index (κ3) is 5.64. The lowest BCUT2D eigenvalue weighted by molar-refractivity contribution is -0.136. The summed E-state index contributed by atoms with van der Waals surface area (Å²) in [5.41, 5.74) is 2.91. The van der Waals surface area contributed by atoms with Crippen LogP contribution in [0.2, 0.25) is 0 Å². The van der Waals surface area contributed by atoms with Gasteiger partial charge in [0.15, 0.2) is 0 Å². The number of benzene rings is 1. The van der Waals surface area contributed by atoms with Crippen molar-refractivity contribution < 1.29 is 19.5 Å². The van der Waals surface area contributed by atoms with Crippen molar-refractivity contribution in [3.8, 4) is 0 Å². The van der Waals surface area contributed by atoms with Crippen LogP contribution >= 0.6 is 0 Å². The Morgan fingerprint density at radius 1 is 1.15 bits per heavy atom. The van der Waals surface area contributed by atoms with Crippen molar-refractivity contribution in [1.82, 2.24) is 15.5 Å². The van der Waals surface area contributed by atoms with E-state index in [9.17, 15) is 14.4 Å². The molecule has 4 atom stereocenters. The fourth-order valence-corrected chi connectivity index (χ4v) is 5.74. The van der Waals surface area contributed by atoms with Gasteiger partial charge in [-0.05, 0) is 75.0 Å². The van der Waals surface area contributed by atoms with Crippen LogP contribution < -0.4 is 10.6 Å². The number of aliphatic hydroxyl groups is 1. The van der Waals surface area contributed by atoms with Gasteiger partial charge in [-0.25, -0.2) is 0 Å². The van der Waals surface area contributed by atoms with Gasteiger partial charge in [-0.2, -0.15) is 0 Å². The molecule has 7 heteroatoms. The van der Waals surface area contributed by atoms with E-state index in [1.54, 1.807) is 4.90 Å². The average molecular weight is 456 g/mol. The Labute approximate surface area is 196 Å². The summed E-state index contributed by atoms with van der Waals surface area (Å²) in [7, 11) is 0. The third-order valence-electron chi connectivity index (χ3n) is 7.54.